The number of ether oxygens (including phenoxy) is 2. The summed E-state index contributed by atoms with van der Waals surface area (Å²) in [6, 6.07) is 8.05. The Hall–Kier alpha value is -1.70. The van der Waals surface area contributed by atoms with Crippen LogP contribution in [0.15, 0.2) is 42.2 Å². The van der Waals surface area contributed by atoms with Crippen LogP contribution in [0, 0.1) is 0 Å². The predicted octanol–water partition coefficient (Wildman–Crippen LogP) is 3.40. The van der Waals surface area contributed by atoms with Gasteiger partial charge in [-0.1, -0.05) is 24.3 Å². The van der Waals surface area contributed by atoms with Crippen LogP contribution < -0.4 is 4.74 Å². The first kappa shape index (κ1) is 10.8. The molecule has 0 atom stereocenters. The lowest BCUT2D eigenvalue weighted by atomic mass is 9.98. The minimum Gasteiger partial charge on any atom is -0.500 e. The standard InChI is InChI=1S/C14H16O2/c1-15-12-7-5-6-11(10-12)13-8-3-4-9-14(13)16-2/h3,5-8,10H,4,9H2,1-2H3. The van der Waals surface area contributed by atoms with Gasteiger partial charge in [0.15, 0.2) is 0 Å². The number of methoxy groups -OCH3 is 2. The van der Waals surface area contributed by atoms with Crippen LogP contribution in [-0.2, 0) is 4.74 Å². The topological polar surface area (TPSA) is 18.5 Å². The maximum absolute atomic E-state index is 5.42. The number of hydrogen-bond donors (Lipinski definition) is 0. The molecule has 1 aromatic rings. The fraction of sp³-hybridized carbons (Fsp3) is 0.286. The van der Waals surface area contributed by atoms with Crippen LogP contribution in [0.2, 0.25) is 0 Å². The van der Waals surface area contributed by atoms with Crippen LogP contribution >= 0.6 is 0 Å². The molecule has 1 aromatic carbocycles. The molecule has 1 aliphatic rings. The molecule has 0 bridgehead atoms. The summed E-state index contributed by atoms with van der Waals surface area (Å²) in [5.41, 5.74) is 2.31. The Kier molecular flexibility index (Phi) is 3.30. The van der Waals surface area contributed by atoms with Crippen LogP contribution in [0.4, 0.5) is 0 Å². The Morgan fingerprint density at radius 3 is 2.75 bits per heavy atom. The van der Waals surface area contributed by atoms with Crippen LogP contribution in [0.5, 0.6) is 5.75 Å². The van der Waals surface area contributed by atoms with Gasteiger partial charge in [-0.3, -0.25) is 0 Å². The molecule has 0 saturated heterocycles. The number of allylic oxidation sites excluding steroid dienone is 4. The predicted molar refractivity (Wildman–Crippen MR) is 65.3 cm³/mol. The van der Waals surface area contributed by atoms with E-state index in [-0.39, 0.29) is 0 Å². The van der Waals surface area contributed by atoms with Gasteiger partial charge in [0.2, 0.25) is 0 Å². The smallest absolute Gasteiger partial charge is 0.119 e. The molecule has 0 saturated carbocycles. The van der Waals surface area contributed by atoms with Gasteiger partial charge in [-0.25, -0.2) is 0 Å². The van der Waals surface area contributed by atoms with Crippen molar-refractivity contribution in [2.45, 2.75) is 12.8 Å². The summed E-state index contributed by atoms with van der Waals surface area (Å²) in [5.74, 6) is 1.93. The summed E-state index contributed by atoms with van der Waals surface area (Å²) in [7, 11) is 3.41. The minimum absolute atomic E-state index is 0.874. The van der Waals surface area contributed by atoms with Gasteiger partial charge in [0.25, 0.3) is 0 Å². The Balaban J connectivity index is 2.41. The molecule has 0 spiro atoms. The van der Waals surface area contributed by atoms with E-state index in [1.54, 1.807) is 14.2 Å². The summed E-state index contributed by atoms with van der Waals surface area (Å²) >= 11 is 0. The van der Waals surface area contributed by atoms with E-state index in [4.69, 9.17) is 9.47 Å². The highest BCUT2D eigenvalue weighted by Gasteiger charge is 2.11. The fourth-order valence-corrected chi connectivity index (χ4v) is 1.90. The van der Waals surface area contributed by atoms with E-state index in [0.717, 1.165) is 35.5 Å². The van der Waals surface area contributed by atoms with E-state index in [0.29, 0.717) is 0 Å². The zero-order valence-electron chi connectivity index (χ0n) is 9.69. The quantitative estimate of drug-likeness (QED) is 0.771. The number of rotatable bonds is 3. The van der Waals surface area contributed by atoms with Crippen molar-refractivity contribution in [3.8, 4) is 5.75 Å². The second-order valence-electron chi connectivity index (χ2n) is 3.71. The number of hydrogen-bond acceptors (Lipinski definition) is 2. The molecule has 16 heavy (non-hydrogen) atoms. The molecule has 0 amide bonds. The molecular weight excluding hydrogens is 200 g/mol. The molecule has 0 unspecified atom stereocenters. The highest BCUT2D eigenvalue weighted by molar-refractivity contribution is 5.77. The van der Waals surface area contributed by atoms with E-state index in [2.05, 4.69) is 18.2 Å². The van der Waals surface area contributed by atoms with Gasteiger partial charge >= 0.3 is 0 Å². The molecule has 84 valence electrons. The molecule has 0 aromatic heterocycles. The molecule has 1 aliphatic carbocycles. The molecular formula is C14H16O2. The zero-order valence-corrected chi connectivity index (χ0v) is 9.69. The van der Waals surface area contributed by atoms with Gasteiger partial charge in [0.05, 0.1) is 14.2 Å². The third-order valence-electron chi connectivity index (χ3n) is 2.75. The van der Waals surface area contributed by atoms with Crippen molar-refractivity contribution in [2.24, 2.45) is 0 Å². The van der Waals surface area contributed by atoms with Crippen molar-refractivity contribution in [2.75, 3.05) is 14.2 Å². The first-order valence-electron chi connectivity index (χ1n) is 5.43. The Bertz CT molecular complexity index is 430. The van der Waals surface area contributed by atoms with Gasteiger partial charge in [-0.2, -0.15) is 0 Å². The third-order valence-corrected chi connectivity index (χ3v) is 2.75. The second-order valence-corrected chi connectivity index (χ2v) is 3.71. The Labute approximate surface area is 96.2 Å². The van der Waals surface area contributed by atoms with Crippen LogP contribution in [0.25, 0.3) is 5.57 Å². The first-order chi connectivity index (χ1) is 7.85. The van der Waals surface area contributed by atoms with E-state index < -0.39 is 0 Å². The van der Waals surface area contributed by atoms with Gasteiger partial charge in [-0.05, 0) is 24.1 Å². The minimum atomic E-state index is 0.874. The van der Waals surface area contributed by atoms with E-state index in [1.807, 2.05) is 18.2 Å². The molecule has 2 nitrogen and oxygen atoms in total. The van der Waals surface area contributed by atoms with Crippen LogP contribution in [-0.4, -0.2) is 14.2 Å². The molecule has 2 rings (SSSR count). The first-order valence-corrected chi connectivity index (χ1v) is 5.43. The third kappa shape index (κ3) is 2.11. The average Bonchev–Trinajstić information content (AvgIpc) is 2.38. The zero-order chi connectivity index (χ0) is 11.4. The second kappa shape index (κ2) is 4.88. The Morgan fingerprint density at radius 2 is 2.00 bits per heavy atom. The summed E-state index contributed by atoms with van der Waals surface area (Å²) in [5, 5.41) is 0. The summed E-state index contributed by atoms with van der Waals surface area (Å²) < 4.78 is 10.6. The molecule has 0 N–H and O–H groups in total. The van der Waals surface area contributed by atoms with Crippen molar-refractivity contribution < 1.29 is 9.47 Å². The van der Waals surface area contributed by atoms with Crippen molar-refractivity contribution in [1.82, 2.24) is 0 Å². The molecule has 0 aliphatic heterocycles. The van der Waals surface area contributed by atoms with E-state index >= 15 is 0 Å². The summed E-state index contributed by atoms with van der Waals surface area (Å²) in [4.78, 5) is 0. The van der Waals surface area contributed by atoms with Gasteiger partial charge in [-0.15, -0.1) is 0 Å². The Morgan fingerprint density at radius 1 is 1.12 bits per heavy atom. The largest absolute Gasteiger partial charge is 0.500 e. The van der Waals surface area contributed by atoms with Gasteiger partial charge in [0, 0.05) is 12.0 Å². The lowest BCUT2D eigenvalue weighted by Gasteiger charge is -2.15. The lowest BCUT2D eigenvalue weighted by molar-refractivity contribution is 0.279. The highest BCUT2D eigenvalue weighted by Crippen LogP contribution is 2.29. The summed E-state index contributed by atoms with van der Waals surface area (Å²) in [6.45, 7) is 0. The van der Waals surface area contributed by atoms with Crippen LogP contribution in [0.1, 0.15) is 18.4 Å². The lowest BCUT2D eigenvalue weighted by Crippen LogP contribution is -1.97. The van der Waals surface area contributed by atoms with E-state index in [1.165, 1.54) is 0 Å². The molecule has 0 fully saturated rings. The van der Waals surface area contributed by atoms with Crippen molar-refractivity contribution in [3.63, 3.8) is 0 Å². The maximum atomic E-state index is 5.42. The maximum Gasteiger partial charge on any atom is 0.119 e. The normalized spacial score (nSPS) is 15.1. The monoisotopic (exact) mass is 216 g/mol. The highest BCUT2D eigenvalue weighted by atomic mass is 16.5. The van der Waals surface area contributed by atoms with Crippen molar-refractivity contribution in [1.29, 1.82) is 0 Å². The SMILES string of the molecule is COC1=C(c2cccc(OC)c2)C=CCC1. The van der Waals surface area contributed by atoms with Gasteiger partial charge < -0.3 is 9.47 Å². The fourth-order valence-electron chi connectivity index (χ4n) is 1.90. The average molecular weight is 216 g/mol. The number of benzene rings is 1. The van der Waals surface area contributed by atoms with E-state index in [9.17, 15) is 0 Å². The summed E-state index contributed by atoms with van der Waals surface area (Å²) in [6.07, 6.45) is 6.32. The van der Waals surface area contributed by atoms with Crippen LogP contribution in [0.3, 0.4) is 0 Å². The van der Waals surface area contributed by atoms with Crippen molar-refractivity contribution in [3.05, 3.63) is 47.7 Å². The van der Waals surface area contributed by atoms with Gasteiger partial charge in [0.1, 0.15) is 11.5 Å². The molecule has 0 radical (unpaired) electrons. The molecule has 2 heteroatoms. The van der Waals surface area contributed by atoms with Crippen molar-refractivity contribution >= 4 is 5.57 Å². The molecule has 0 heterocycles.